The topological polar surface area (TPSA) is 299 Å². The van der Waals surface area contributed by atoms with E-state index in [2.05, 4.69) is 21.5 Å². The molecular weight excluding hydrogens is 616 g/mol. The van der Waals surface area contributed by atoms with Crippen LogP contribution < -0.4 is 9.47 Å². The number of ether oxygens (including phenoxy) is 3. The van der Waals surface area contributed by atoms with Gasteiger partial charge < -0.3 is 14.2 Å². The van der Waals surface area contributed by atoms with Gasteiger partial charge in [-0.05, 0) is 18.2 Å². The van der Waals surface area contributed by atoms with Crippen molar-refractivity contribution < 1.29 is 87.6 Å². The van der Waals surface area contributed by atoms with Crippen molar-refractivity contribution in [1.82, 2.24) is 0 Å². The Labute approximate surface area is 216 Å². The van der Waals surface area contributed by atoms with Gasteiger partial charge >= 0.3 is 47.6 Å². The second-order valence-electron chi connectivity index (χ2n) is 6.49. The van der Waals surface area contributed by atoms with Crippen molar-refractivity contribution in [2.45, 2.75) is 12.2 Å². The molecule has 0 unspecified atom stereocenters. The van der Waals surface area contributed by atoms with Gasteiger partial charge in [-0.1, -0.05) is 0 Å². The van der Waals surface area contributed by atoms with Crippen molar-refractivity contribution in [2.24, 2.45) is 0 Å². The van der Waals surface area contributed by atoms with Crippen LogP contribution in [0.3, 0.4) is 0 Å². The van der Waals surface area contributed by atoms with E-state index >= 15 is 0 Å². The molecule has 0 fully saturated rings. The fraction of sp³-hybridized carbons (Fsp3) is 0.500. The minimum atomic E-state index is -5.16. The molecule has 0 radical (unpaired) electrons. The monoisotopic (exact) mass is 636 g/mol. The van der Waals surface area contributed by atoms with Gasteiger partial charge in [0.05, 0.1) is 20.3 Å². The molecule has 1 aromatic rings. The maximum atomic E-state index is 12.1. The number of methoxy groups -OCH3 is 1. The number of esters is 1. The smallest absolute Gasteiger partial charge is 0.397 e. The van der Waals surface area contributed by atoms with Gasteiger partial charge in [-0.2, -0.15) is 33.7 Å². The predicted octanol–water partition coefficient (Wildman–Crippen LogP) is -1.75. The molecule has 220 valence electrons. The lowest BCUT2D eigenvalue weighted by Gasteiger charge is -2.18. The summed E-state index contributed by atoms with van der Waals surface area (Å²) in [4.78, 5) is 12.1. The first-order valence-electron chi connectivity index (χ1n) is 9.20. The highest BCUT2D eigenvalue weighted by Gasteiger charge is 2.24. The third-order valence-electron chi connectivity index (χ3n) is 3.54. The van der Waals surface area contributed by atoms with Crippen LogP contribution in [0.15, 0.2) is 18.2 Å². The van der Waals surface area contributed by atoms with Crippen LogP contribution in [0.2, 0.25) is 0 Å². The minimum Gasteiger partial charge on any atom is -0.491 e. The normalized spacial score (nSPS) is 14.4. The largest absolute Gasteiger partial charge is 0.491 e. The summed E-state index contributed by atoms with van der Waals surface area (Å²) in [7, 11) is -19.4. The molecule has 38 heavy (non-hydrogen) atoms. The van der Waals surface area contributed by atoms with Crippen molar-refractivity contribution in [3.8, 4) is 11.5 Å². The molecule has 0 saturated carbocycles. The zero-order chi connectivity index (χ0) is 29.4. The van der Waals surface area contributed by atoms with Gasteiger partial charge in [-0.15, -0.1) is 0 Å². The Morgan fingerprint density at radius 2 is 1.16 bits per heavy atom. The van der Waals surface area contributed by atoms with Crippen LogP contribution in [-0.2, 0) is 63.1 Å². The van der Waals surface area contributed by atoms with Gasteiger partial charge in [0.25, 0.3) is 0 Å². The van der Waals surface area contributed by atoms with Gasteiger partial charge in [0.15, 0.2) is 0 Å². The summed E-state index contributed by atoms with van der Waals surface area (Å²) < 4.78 is 153. The van der Waals surface area contributed by atoms with Gasteiger partial charge in [-0.3, -0.25) is 18.2 Å². The van der Waals surface area contributed by atoms with Crippen LogP contribution in [0.25, 0.3) is 0 Å². The Bertz CT molecular complexity index is 1380. The molecule has 0 saturated heterocycles. The lowest BCUT2D eigenvalue weighted by atomic mass is 10.2. The number of hydrogen-bond acceptors (Lipinski definition) is 16. The van der Waals surface area contributed by atoms with E-state index in [0.29, 0.717) is 0 Å². The molecular formula is C14H20O20S4. The van der Waals surface area contributed by atoms with E-state index in [1.807, 2.05) is 0 Å². The summed E-state index contributed by atoms with van der Waals surface area (Å²) in [5, 5.41) is 0. The molecule has 0 aliphatic carbocycles. The average molecular weight is 637 g/mol. The fourth-order valence-corrected chi connectivity index (χ4v) is 3.80. The summed E-state index contributed by atoms with van der Waals surface area (Å²) in [5.41, 5.74) is -0.423. The molecule has 1 rings (SSSR count). The first kappa shape index (κ1) is 33.8. The van der Waals surface area contributed by atoms with Crippen molar-refractivity contribution in [1.29, 1.82) is 0 Å². The molecule has 0 heterocycles. The van der Waals surface area contributed by atoms with Crippen LogP contribution in [0.5, 0.6) is 11.5 Å². The number of carbonyl (C=O) groups is 1. The summed E-state index contributed by atoms with van der Waals surface area (Å²) in [6.45, 7) is -4.03. The summed E-state index contributed by atoms with van der Waals surface area (Å²) in [6, 6.07) is 3.02. The number of carbonyl (C=O) groups excluding carboxylic acids is 1. The van der Waals surface area contributed by atoms with E-state index in [-0.39, 0.29) is 11.5 Å². The van der Waals surface area contributed by atoms with E-state index in [1.54, 1.807) is 0 Å². The Kier molecular flexibility index (Phi) is 12.2. The molecule has 24 heteroatoms. The first-order valence-corrected chi connectivity index (χ1v) is 14.7. The van der Waals surface area contributed by atoms with Crippen LogP contribution >= 0.6 is 0 Å². The molecule has 0 spiro atoms. The molecule has 1 aromatic carbocycles. The average Bonchev–Trinajstić information content (AvgIpc) is 2.74. The zero-order valence-electron chi connectivity index (χ0n) is 18.7. The van der Waals surface area contributed by atoms with E-state index in [4.69, 9.17) is 27.7 Å². The molecule has 0 amide bonds. The SMILES string of the molecule is COC(=O)c1cc(OC[C@H](COS(=O)(=O)O)OS(=O)(=O)O)ccc1OC[C@@H](COS(=O)(=O)O)OS(=O)(=O)O. The van der Waals surface area contributed by atoms with Crippen LogP contribution in [0.4, 0.5) is 0 Å². The van der Waals surface area contributed by atoms with Gasteiger partial charge in [-0.25, -0.2) is 21.5 Å². The second-order valence-corrected chi connectivity index (χ2v) is 10.8. The van der Waals surface area contributed by atoms with E-state index in [9.17, 15) is 38.5 Å². The van der Waals surface area contributed by atoms with E-state index in [1.165, 1.54) is 0 Å². The molecule has 0 aromatic heterocycles. The highest BCUT2D eigenvalue weighted by Crippen LogP contribution is 2.26. The number of benzene rings is 1. The third-order valence-corrected chi connectivity index (χ3v) is 5.44. The van der Waals surface area contributed by atoms with Gasteiger partial charge in [0.1, 0.15) is 42.5 Å². The summed E-state index contributed by atoms with van der Waals surface area (Å²) in [6.07, 6.45) is -3.69. The standard InChI is InChI=1S/C14H20O20S4/c1-28-14(15)12-4-9(29-5-10(33-37(22,23)24)7-31-35(16,17)18)2-3-13(12)30-6-11(34-38(25,26)27)8-32-36(19,20)21/h2-4,10-11H,5-8H2,1H3,(H,16,17,18)(H,19,20,21)(H,22,23,24)(H,25,26,27)/t10-,11+/m1/s1. The summed E-state index contributed by atoms with van der Waals surface area (Å²) in [5.74, 6) is -1.68. The van der Waals surface area contributed by atoms with Crippen LogP contribution in [0.1, 0.15) is 10.4 Å². The first-order chi connectivity index (χ1) is 17.2. The van der Waals surface area contributed by atoms with Crippen molar-refractivity contribution in [2.75, 3.05) is 33.5 Å². The summed E-state index contributed by atoms with van der Waals surface area (Å²) >= 11 is 0. The van der Waals surface area contributed by atoms with Crippen molar-refractivity contribution in [3.05, 3.63) is 23.8 Å². The predicted molar refractivity (Wildman–Crippen MR) is 117 cm³/mol. The van der Waals surface area contributed by atoms with Crippen molar-refractivity contribution in [3.63, 3.8) is 0 Å². The molecule has 20 nitrogen and oxygen atoms in total. The van der Waals surface area contributed by atoms with Crippen molar-refractivity contribution >= 4 is 47.6 Å². The Morgan fingerprint density at radius 1 is 0.711 bits per heavy atom. The Morgan fingerprint density at radius 3 is 1.55 bits per heavy atom. The number of hydrogen-bond donors (Lipinski definition) is 4. The number of rotatable bonds is 17. The van der Waals surface area contributed by atoms with E-state index < -0.39 is 91.8 Å². The Hall–Kier alpha value is -2.23. The highest BCUT2D eigenvalue weighted by molar-refractivity contribution is 7.81. The lowest BCUT2D eigenvalue weighted by Crippen LogP contribution is -2.31. The minimum absolute atomic E-state index is 0.242. The van der Waals surface area contributed by atoms with E-state index in [0.717, 1.165) is 25.3 Å². The zero-order valence-corrected chi connectivity index (χ0v) is 21.9. The van der Waals surface area contributed by atoms with Gasteiger partial charge in [0.2, 0.25) is 0 Å². The Balaban J connectivity index is 3.09. The molecule has 0 aliphatic heterocycles. The third kappa shape index (κ3) is 15.2. The van der Waals surface area contributed by atoms with Crippen LogP contribution in [-0.4, -0.2) is 104 Å². The molecule has 0 aliphatic rings. The molecule has 0 bridgehead atoms. The second kappa shape index (κ2) is 13.7. The molecule has 4 N–H and O–H groups in total. The van der Waals surface area contributed by atoms with Gasteiger partial charge in [0, 0.05) is 0 Å². The van der Waals surface area contributed by atoms with Crippen LogP contribution in [0, 0.1) is 0 Å². The fourth-order valence-electron chi connectivity index (χ4n) is 2.24. The lowest BCUT2D eigenvalue weighted by molar-refractivity contribution is 0.0574. The maximum absolute atomic E-state index is 12.1. The highest BCUT2D eigenvalue weighted by atomic mass is 32.3. The quantitative estimate of drug-likeness (QED) is 0.109. The molecule has 2 atom stereocenters. The maximum Gasteiger partial charge on any atom is 0.397 e.